The molecule has 1 heterocycles. The number of amides is 1. The summed E-state index contributed by atoms with van der Waals surface area (Å²) in [5.74, 6) is -0.232. The van der Waals surface area contributed by atoms with Gasteiger partial charge in [-0.25, -0.2) is 4.79 Å². The molecule has 2 rings (SSSR count). The molecule has 0 radical (unpaired) electrons. The number of carbonyl (C=O) groups is 2. The second kappa shape index (κ2) is 6.39. The molecule has 1 aromatic rings. The third-order valence-electron chi connectivity index (χ3n) is 3.47. The first kappa shape index (κ1) is 15.0. The lowest BCUT2D eigenvalue weighted by Gasteiger charge is -2.17. The van der Waals surface area contributed by atoms with Crippen LogP contribution in [-0.2, 0) is 22.4 Å². The van der Waals surface area contributed by atoms with Gasteiger partial charge in [-0.2, -0.15) is 0 Å². The molecular weight excluding hydrogens is 274 g/mol. The molecule has 1 N–H and O–H groups in total. The lowest BCUT2D eigenvalue weighted by atomic mass is 10.0. The first-order chi connectivity index (χ1) is 9.51. The zero-order chi connectivity index (χ0) is 14.7. The van der Waals surface area contributed by atoms with Gasteiger partial charge >= 0.3 is 5.97 Å². The number of rotatable bonds is 5. The van der Waals surface area contributed by atoms with Gasteiger partial charge in [0.15, 0.2) is 0 Å². The molecule has 1 atom stereocenters. The lowest BCUT2D eigenvalue weighted by Crippen LogP contribution is -2.42. The van der Waals surface area contributed by atoms with Gasteiger partial charge < -0.3 is 10.1 Å². The molecule has 0 saturated heterocycles. The van der Waals surface area contributed by atoms with E-state index in [4.69, 9.17) is 4.74 Å². The summed E-state index contributed by atoms with van der Waals surface area (Å²) in [7, 11) is 1.35. The second-order valence-corrected chi connectivity index (χ2v) is 6.73. The van der Waals surface area contributed by atoms with Crippen molar-refractivity contribution in [2.24, 2.45) is 5.92 Å². The molecule has 20 heavy (non-hydrogen) atoms. The molecule has 0 unspecified atom stereocenters. The van der Waals surface area contributed by atoms with Crippen molar-refractivity contribution in [1.29, 1.82) is 0 Å². The highest BCUT2D eigenvalue weighted by Gasteiger charge is 2.25. The Morgan fingerprint density at radius 2 is 2.15 bits per heavy atom. The van der Waals surface area contributed by atoms with Crippen molar-refractivity contribution in [3.05, 3.63) is 21.4 Å². The molecule has 0 bridgehead atoms. The third-order valence-corrected chi connectivity index (χ3v) is 4.70. The van der Waals surface area contributed by atoms with Crippen molar-refractivity contribution in [3.63, 3.8) is 0 Å². The van der Waals surface area contributed by atoms with Gasteiger partial charge in [-0.3, -0.25) is 4.79 Å². The summed E-state index contributed by atoms with van der Waals surface area (Å²) < 4.78 is 4.76. The zero-order valence-corrected chi connectivity index (χ0v) is 13.0. The van der Waals surface area contributed by atoms with Crippen LogP contribution >= 0.6 is 11.3 Å². The number of hydrogen-bond acceptors (Lipinski definition) is 4. The normalized spacial score (nSPS) is 15.0. The van der Waals surface area contributed by atoms with Crippen LogP contribution in [0, 0.1) is 5.92 Å². The highest BCUT2D eigenvalue weighted by atomic mass is 32.1. The van der Waals surface area contributed by atoms with Crippen LogP contribution in [0.3, 0.4) is 0 Å². The molecule has 0 aromatic carbocycles. The average molecular weight is 295 g/mol. The van der Waals surface area contributed by atoms with E-state index in [1.165, 1.54) is 24.0 Å². The van der Waals surface area contributed by atoms with Gasteiger partial charge in [-0.1, -0.05) is 13.8 Å². The van der Waals surface area contributed by atoms with Gasteiger partial charge in [0.25, 0.3) is 5.91 Å². The minimum atomic E-state index is -0.565. The molecule has 1 aliphatic rings. The number of thiophene rings is 1. The summed E-state index contributed by atoms with van der Waals surface area (Å²) >= 11 is 1.55. The van der Waals surface area contributed by atoms with Gasteiger partial charge in [0, 0.05) is 4.88 Å². The fraction of sp³-hybridized carbons (Fsp3) is 0.600. The first-order valence-electron chi connectivity index (χ1n) is 7.01. The minimum absolute atomic E-state index is 0.166. The molecule has 0 aliphatic heterocycles. The van der Waals surface area contributed by atoms with Crippen LogP contribution in [0.5, 0.6) is 0 Å². The van der Waals surface area contributed by atoms with Crippen molar-refractivity contribution in [2.45, 2.75) is 45.6 Å². The van der Waals surface area contributed by atoms with Gasteiger partial charge in [-0.15, -0.1) is 11.3 Å². The second-order valence-electron chi connectivity index (χ2n) is 5.59. The van der Waals surface area contributed by atoms with E-state index in [1.54, 1.807) is 11.3 Å². The Morgan fingerprint density at radius 3 is 2.75 bits per heavy atom. The molecule has 110 valence electrons. The number of ether oxygens (including phenoxy) is 1. The number of carbonyl (C=O) groups excluding carboxylic acids is 2. The molecular formula is C15H21NO3S. The SMILES string of the molecule is COC(=O)[C@H](CC(C)C)NC(=O)c1cc2c(s1)CCC2. The van der Waals surface area contributed by atoms with E-state index >= 15 is 0 Å². The smallest absolute Gasteiger partial charge is 0.328 e. The van der Waals surface area contributed by atoms with Crippen molar-refractivity contribution < 1.29 is 14.3 Å². The van der Waals surface area contributed by atoms with E-state index in [1.807, 2.05) is 19.9 Å². The van der Waals surface area contributed by atoms with E-state index in [-0.39, 0.29) is 11.9 Å². The van der Waals surface area contributed by atoms with E-state index in [0.29, 0.717) is 17.2 Å². The monoisotopic (exact) mass is 295 g/mol. The Hall–Kier alpha value is -1.36. The van der Waals surface area contributed by atoms with Crippen molar-refractivity contribution in [1.82, 2.24) is 5.32 Å². The molecule has 0 spiro atoms. The lowest BCUT2D eigenvalue weighted by molar-refractivity contribution is -0.143. The van der Waals surface area contributed by atoms with E-state index in [9.17, 15) is 9.59 Å². The Morgan fingerprint density at radius 1 is 1.40 bits per heavy atom. The average Bonchev–Trinajstić information content (AvgIpc) is 2.96. The van der Waals surface area contributed by atoms with Gasteiger partial charge in [-0.05, 0) is 43.2 Å². The highest BCUT2D eigenvalue weighted by molar-refractivity contribution is 7.14. The van der Waals surface area contributed by atoms with Gasteiger partial charge in [0.1, 0.15) is 6.04 Å². The zero-order valence-electron chi connectivity index (χ0n) is 12.2. The number of methoxy groups -OCH3 is 1. The van der Waals surface area contributed by atoms with E-state index in [0.717, 1.165) is 12.8 Å². The van der Waals surface area contributed by atoms with Crippen LogP contribution in [0.15, 0.2) is 6.07 Å². The number of fused-ring (bicyclic) bond motifs is 1. The van der Waals surface area contributed by atoms with Crippen molar-refractivity contribution in [2.75, 3.05) is 7.11 Å². The van der Waals surface area contributed by atoms with Crippen molar-refractivity contribution >= 4 is 23.2 Å². The predicted molar refractivity (Wildman–Crippen MR) is 79.1 cm³/mol. The molecule has 4 nitrogen and oxygen atoms in total. The van der Waals surface area contributed by atoms with Gasteiger partial charge in [0.05, 0.1) is 12.0 Å². The predicted octanol–water partition coefficient (Wildman–Crippen LogP) is 2.55. The Kier molecular flexibility index (Phi) is 4.81. The maximum absolute atomic E-state index is 12.3. The van der Waals surface area contributed by atoms with Crippen LogP contribution in [0.4, 0.5) is 0 Å². The topological polar surface area (TPSA) is 55.4 Å². The van der Waals surface area contributed by atoms with E-state index in [2.05, 4.69) is 5.32 Å². The minimum Gasteiger partial charge on any atom is -0.467 e. The fourth-order valence-electron chi connectivity index (χ4n) is 2.50. The van der Waals surface area contributed by atoms with Crippen LogP contribution < -0.4 is 5.32 Å². The molecule has 1 aliphatic carbocycles. The standard InChI is InChI=1S/C15H21NO3S/c1-9(2)7-11(15(18)19-3)16-14(17)13-8-10-5-4-6-12(10)20-13/h8-9,11H,4-7H2,1-3H3,(H,16,17)/t11-/m0/s1. The Balaban J connectivity index is 2.05. The van der Waals surface area contributed by atoms with E-state index < -0.39 is 6.04 Å². The third kappa shape index (κ3) is 3.39. The van der Waals surface area contributed by atoms with Crippen LogP contribution in [0.1, 0.15) is 46.8 Å². The van der Waals surface area contributed by atoms with Gasteiger partial charge in [0.2, 0.25) is 0 Å². The number of aryl methyl sites for hydroxylation is 2. The van der Waals surface area contributed by atoms with Crippen LogP contribution in [0.2, 0.25) is 0 Å². The summed E-state index contributed by atoms with van der Waals surface area (Å²) in [6.07, 6.45) is 3.90. The summed E-state index contributed by atoms with van der Waals surface area (Å²) in [5, 5.41) is 2.80. The summed E-state index contributed by atoms with van der Waals surface area (Å²) in [6, 6.07) is 1.40. The number of hydrogen-bond donors (Lipinski definition) is 1. The molecule has 0 saturated carbocycles. The summed E-state index contributed by atoms with van der Waals surface area (Å²) in [5.41, 5.74) is 1.29. The molecule has 1 amide bonds. The fourth-order valence-corrected chi connectivity index (χ4v) is 3.65. The Bertz CT molecular complexity index is 486. The highest BCUT2D eigenvalue weighted by Crippen LogP contribution is 2.30. The largest absolute Gasteiger partial charge is 0.467 e. The first-order valence-corrected chi connectivity index (χ1v) is 7.83. The molecule has 0 fully saturated rings. The van der Waals surface area contributed by atoms with Crippen molar-refractivity contribution in [3.8, 4) is 0 Å². The number of nitrogens with one attached hydrogen (secondary N) is 1. The molecule has 5 heteroatoms. The molecule has 1 aromatic heterocycles. The van der Waals surface area contributed by atoms with Crippen LogP contribution in [-0.4, -0.2) is 25.0 Å². The number of esters is 1. The quantitative estimate of drug-likeness (QED) is 0.849. The van der Waals surface area contributed by atoms with Crippen LogP contribution in [0.25, 0.3) is 0 Å². The maximum atomic E-state index is 12.3. The Labute approximate surface area is 123 Å². The summed E-state index contributed by atoms with van der Waals surface area (Å²) in [4.78, 5) is 26.0. The maximum Gasteiger partial charge on any atom is 0.328 e. The summed E-state index contributed by atoms with van der Waals surface area (Å²) in [6.45, 7) is 4.03.